The van der Waals surface area contributed by atoms with Crippen molar-refractivity contribution in [3.63, 3.8) is 0 Å². The van der Waals surface area contributed by atoms with Gasteiger partial charge in [-0.25, -0.2) is 4.79 Å². The number of hydrogen-bond acceptors (Lipinski definition) is 4. The fourth-order valence-electron chi connectivity index (χ4n) is 2.84. The van der Waals surface area contributed by atoms with Crippen molar-refractivity contribution in [2.24, 2.45) is 0 Å². The molecule has 0 heterocycles. The van der Waals surface area contributed by atoms with Gasteiger partial charge in [-0.1, -0.05) is 78.9 Å². The maximum absolute atomic E-state index is 12.9. The highest BCUT2D eigenvalue weighted by molar-refractivity contribution is 5.85. The van der Waals surface area contributed by atoms with Gasteiger partial charge < -0.3 is 14.6 Å². The number of carbonyl (C=O) groups excluding carboxylic acids is 1. The first kappa shape index (κ1) is 19.5. The first-order chi connectivity index (χ1) is 13.5. The summed E-state index contributed by atoms with van der Waals surface area (Å²) in [4.78, 5) is 12.9. The van der Waals surface area contributed by atoms with Gasteiger partial charge in [0.15, 0.2) is 0 Å². The summed E-state index contributed by atoms with van der Waals surface area (Å²) in [6, 6.07) is 22.8. The number of aliphatic hydroxyl groups is 1. The summed E-state index contributed by atoms with van der Waals surface area (Å²) in [6.45, 7) is -3.33. The van der Waals surface area contributed by atoms with Crippen LogP contribution in [0.1, 0.15) is 16.7 Å². The lowest BCUT2D eigenvalue weighted by atomic mass is 9.86. The molecule has 0 aliphatic carbocycles. The van der Waals surface area contributed by atoms with Crippen LogP contribution in [0.5, 0.6) is 5.75 Å². The second kappa shape index (κ2) is 8.63. The number of para-hydroxylation sites is 1. The van der Waals surface area contributed by atoms with Gasteiger partial charge in [-0.3, -0.25) is 0 Å². The quantitative estimate of drug-likeness (QED) is 0.618. The van der Waals surface area contributed by atoms with Crippen molar-refractivity contribution in [3.8, 4) is 5.75 Å². The molecule has 0 spiro atoms. The molecule has 0 aliphatic heterocycles. The number of alkyl halides is 2. The zero-order valence-electron chi connectivity index (χ0n) is 14.8. The van der Waals surface area contributed by atoms with E-state index in [-0.39, 0.29) is 17.9 Å². The van der Waals surface area contributed by atoms with E-state index in [4.69, 9.17) is 4.74 Å². The van der Waals surface area contributed by atoms with E-state index in [0.717, 1.165) is 0 Å². The highest BCUT2D eigenvalue weighted by Crippen LogP contribution is 2.32. The Bertz CT molecular complexity index is 875. The monoisotopic (exact) mass is 384 g/mol. The molecule has 1 N–H and O–H groups in total. The van der Waals surface area contributed by atoms with Gasteiger partial charge in [0.25, 0.3) is 0 Å². The van der Waals surface area contributed by atoms with E-state index in [1.807, 2.05) is 0 Å². The summed E-state index contributed by atoms with van der Waals surface area (Å²) in [5.41, 5.74) is -1.10. The fourth-order valence-corrected chi connectivity index (χ4v) is 2.84. The predicted octanol–water partition coefficient (Wildman–Crippen LogP) is 4.27. The van der Waals surface area contributed by atoms with E-state index in [9.17, 15) is 18.7 Å². The summed E-state index contributed by atoms with van der Waals surface area (Å²) >= 11 is 0. The van der Waals surface area contributed by atoms with Gasteiger partial charge in [0.1, 0.15) is 12.4 Å². The maximum Gasteiger partial charge on any atom is 0.387 e. The minimum Gasteiger partial charge on any atom is -0.458 e. The van der Waals surface area contributed by atoms with Crippen molar-refractivity contribution in [2.45, 2.75) is 18.8 Å². The van der Waals surface area contributed by atoms with Gasteiger partial charge in [-0.05, 0) is 17.2 Å². The molecule has 0 saturated carbocycles. The number of carbonyl (C=O) groups is 1. The predicted molar refractivity (Wildman–Crippen MR) is 98.8 cm³/mol. The maximum atomic E-state index is 12.9. The molecule has 0 saturated heterocycles. The van der Waals surface area contributed by atoms with Crippen LogP contribution in [0.25, 0.3) is 0 Å². The SMILES string of the molecule is O=C(OCc1ccccc1OC(F)F)C(O)(c1ccccc1)c1ccccc1. The van der Waals surface area contributed by atoms with E-state index in [1.54, 1.807) is 66.7 Å². The number of halogens is 2. The number of esters is 1. The molecule has 4 nitrogen and oxygen atoms in total. The third-order valence-corrected chi connectivity index (χ3v) is 4.23. The molecule has 0 fully saturated rings. The van der Waals surface area contributed by atoms with Gasteiger partial charge in [-0.2, -0.15) is 8.78 Å². The van der Waals surface area contributed by atoms with E-state index >= 15 is 0 Å². The number of hydrogen-bond donors (Lipinski definition) is 1. The average molecular weight is 384 g/mol. The van der Waals surface area contributed by atoms with Crippen molar-refractivity contribution >= 4 is 5.97 Å². The molecule has 0 amide bonds. The summed E-state index contributed by atoms with van der Waals surface area (Å²) in [5, 5.41) is 11.3. The average Bonchev–Trinajstić information content (AvgIpc) is 2.73. The summed E-state index contributed by atoms with van der Waals surface area (Å²) in [6.07, 6.45) is 0. The van der Waals surface area contributed by atoms with Crippen molar-refractivity contribution in [3.05, 3.63) is 102 Å². The topological polar surface area (TPSA) is 55.8 Å². The van der Waals surface area contributed by atoms with E-state index in [2.05, 4.69) is 4.74 Å². The summed E-state index contributed by atoms with van der Waals surface area (Å²) in [7, 11) is 0. The molecule has 0 atom stereocenters. The smallest absolute Gasteiger partial charge is 0.387 e. The van der Waals surface area contributed by atoms with Crippen molar-refractivity contribution < 1.29 is 28.2 Å². The largest absolute Gasteiger partial charge is 0.458 e. The normalized spacial score (nSPS) is 11.3. The Hall–Kier alpha value is -3.25. The van der Waals surface area contributed by atoms with Crippen LogP contribution in [-0.4, -0.2) is 17.7 Å². The van der Waals surface area contributed by atoms with Crippen LogP contribution in [0.2, 0.25) is 0 Å². The lowest BCUT2D eigenvalue weighted by molar-refractivity contribution is -0.163. The molecular weight excluding hydrogens is 366 g/mol. The van der Waals surface area contributed by atoms with Crippen molar-refractivity contribution in [2.75, 3.05) is 0 Å². The Labute approximate surface area is 161 Å². The zero-order valence-corrected chi connectivity index (χ0v) is 14.8. The Kier molecular flexibility index (Phi) is 6.01. The standard InChI is InChI=1S/C22H18F2O4/c23-21(24)28-19-14-8-7-9-16(19)15-27-20(25)22(26,17-10-3-1-4-11-17)18-12-5-2-6-13-18/h1-14,21,26H,15H2. The number of ether oxygens (including phenoxy) is 2. The second-order valence-corrected chi connectivity index (χ2v) is 6.00. The van der Waals surface area contributed by atoms with Crippen LogP contribution in [0, 0.1) is 0 Å². The molecule has 0 bridgehead atoms. The third-order valence-electron chi connectivity index (χ3n) is 4.23. The molecular formula is C22H18F2O4. The lowest BCUT2D eigenvalue weighted by Gasteiger charge is -2.27. The number of benzene rings is 3. The van der Waals surface area contributed by atoms with E-state index in [1.165, 1.54) is 18.2 Å². The lowest BCUT2D eigenvalue weighted by Crippen LogP contribution is -2.38. The molecule has 3 aromatic carbocycles. The van der Waals surface area contributed by atoms with E-state index in [0.29, 0.717) is 11.1 Å². The minimum absolute atomic E-state index is 0.0896. The van der Waals surface area contributed by atoms with Gasteiger partial charge in [-0.15, -0.1) is 0 Å². The summed E-state index contributed by atoms with van der Waals surface area (Å²) in [5.74, 6) is -1.01. The first-order valence-electron chi connectivity index (χ1n) is 8.55. The Morgan fingerprint density at radius 3 is 1.89 bits per heavy atom. The molecule has 3 aromatic rings. The Morgan fingerprint density at radius 2 is 1.36 bits per heavy atom. The van der Waals surface area contributed by atoms with Gasteiger partial charge in [0.2, 0.25) is 5.60 Å². The highest BCUT2D eigenvalue weighted by atomic mass is 19.3. The van der Waals surface area contributed by atoms with Crippen molar-refractivity contribution in [1.29, 1.82) is 0 Å². The Balaban J connectivity index is 1.88. The second-order valence-electron chi connectivity index (χ2n) is 6.00. The van der Waals surface area contributed by atoms with Gasteiger partial charge >= 0.3 is 12.6 Å². The molecule has 28 heavy (non-hydrogen) atoms. The van der Waals surface area contributed by atoms with Gasteiger partial charge in [0.05, 0.1) is 0 Å². The van der Waals surface area contributed by atoms with Crippen LogP contribution in [-0.2, 0) is 21.7 Å². The fraction of sp³-hybridized carbons (Fsp3) is 0.136. The molecule has 0 aliphatic rings. The molecule has 0 aromatic heterocycles. The molecule has 0 unspecified atom stereocenters. The van der Waals surface area contributed by atoms with Crippen molar-refractivity contribution in [1.82, 2.24) is 0 Å². The minimum atomic E-state index is -3.00. The van der Waals surface area contributed by atoms with Crippen LogP contribution < -0.4 is 4.74 Å². The molecule has 3 rings (SSSR count). The van der Waals surface area contributed by atoms with Crippen LogP contribution >= 0.6 is 0 Å². The molecule has 6 heteroatoms. The van der Waals surface area contributed by atoms with Crippen LogP contribution in [0.4, 0.5) is 8.78 Å². The van der Waals surface area contributed by atoms with Crippen LogP contribution in [0.3, 0.4) is 0 Å². The Morgan fingerprint density at radius 1 is 0.857 bits per heavy atom. The molecule has 0 radical (unpaired) electrons. The first-order valence-corrected chi connectivity index (χ1v) is 8.55. The zero-order chi connectivity index (χ0) is 20.0. The summed E-state index contributed by atoms with van der Waals surface area (Å²) < 4.78 is 34.9. The highest BCUT2D eigenvalue weighted by Gasteiger charge is 2.41. The van der Waals surface area contributed by atoms with Crippen LogP contribution in [0.15, 0.2) is 84.9 Å². The van der Waals surface area contributed by atoms with Gasteiger partial charge in [0, 0.05) is 5.56 Å². The number of rotatable bonds is 7. The molecule has 144 valence electrons. The van der Waals surface area contributed by atoms with E-state index < -0.39 is 18.2 Å². The third kappa shape index (κ3) is 4.18.